The van der Waals surface area contributed by atoms with Crippen molar-refractivity contribution in [1.82, 2.24) is 4.98 Å². The predicted octanol–water partition coefficient (Wildman–Crippen LogP) is 1.62. The average Bonchev–Trinajstić information content (AvgIpc) is 2.16. The summed E-state index contributed by atoms with van der Waals surface area (Å²) in [5.74, 6) is -0.915. The highest BCUT2D eigenvalue weighted by atomic mass is 16.6. The molecule has 5 nitrogen and oxygen atoms in total. The lowest BCUT2D eigenvalue weighted by Gasteiger charge is -2.03. The average molecular weight is 194 g/mol. The van der Waals surface area contributed by atoms with E-state index in [1.54, 1.807) is 6.20 Å². The van der Waals surface area contributed by atoms with Crippen LogP contribution in [0.4, 0.5) is 0 Å². The fraction of sp³-hybridized carbons (Fsp3) is 0.333. The summed E-state index contributed by atoms with van der Waals surface area (Å²) in [6.45, 7) is 3.86. The van der Waals surface area contributed by atoms with E-state index in [0.717, 1.165) is 5.56 Å². The Hall–Kier alpha value is -1.78. The summed E-state index contributed by atoms with van der Waals surface area (Å²) in [6.07, 6.45) is 2.80. The number of carbonyl (C=O) groups excluding carboxylic acids is 1. The van der Waals surface area contributed by atoms with E-state index in [1.165, 1.54) is 12.3 Å². The van der Waals surface area contributed by atoms with Gasteiger partial charge in [-0.1, -0.05) is 13.8 Å². The standard InChI is InChI=1S/C9H10N2O3/c1-6(2)7-3-8(5-10-4-7)9(12)11(13)14/h3-6H,1-2H3. The number of hydrogen-bond acceptors (Lipinski definition) is 4. The van der Waals surface area contributed by atoms with E-state index in [0.29, 0.717) is 0 Å². The summed E-state index contributed by atoms with van der Waals surface area (Å²) in [5.41, 5.74) is 0.846. The van der Waals surface area contributed by atoms with Crippen LogP contribution < -0.4 is 0 Å². The molecule has 0 atom stereocenters. The van der Waals surface area contributed by atoms with Crippen molar-refractivity contribution in [2.45, 2.75) is 19.8 Å². The van der Waals surface area contributed by atoms with Gasteiger partial charge in [0.1, 0.15) is 10.5 Å². The maximum Gasteiger partial charge on any atom is 0.478 e. The van der Waals surface area contributed by atoms with E-state index in [2.05, 4.69) is 4.98 Å². The van der Waals surface area contributed by atoms with Gasteiger partial charge in [0.15, 0.2) is 0 Å². The van der Waals surface area contributed by atoms with Gasteiger partial charge in [0.05, 0.1) is 0 Å². The number of pyridine rings is 1. The third-order valence-electron chi connectivity index (χ3n) is 1.84. The Labute approximate surface area is 80.9 Å². The molecule has 5 heteroatoms. The molecule has 0 spiro atoms. The zero-order valence-electron chi connectivity index (χ0n) is 7.93. The van der Waals surface area contributed by atoms with E-state index < -0.39 is 10.8 Å². The minimum atomic E-state index is -1.11. The van der Waals surface area contributed by atoms with Crippen LogP contribution in [-0.4, -0.2) is 15.8 Å². The Morgan fingerprint density at radius 1 is 1.50 bits per heavy atom. The topological polar surface area (TPSA) is 73.1 Å². The van der Waals surface area contributed by atoms with Crippen molar-refractivity contribution in [1.29, 1.82) is 0 Å². The molecule has 1 aromatic rings. The molecule has 0 aliphatic heterocycles. The minimum Gasteiger partial charge on any atom is -0.263 e. The van der Waals surface area contributed by atoms with Crippen LogP contribution in [-0.2, 0) is 0 Å². The number of amides is 1. The molecule has 0 fully saturated rings. The molecular weight excluding hydrogens is 184 g/mol. The number of nitrogens with zero attached hydrogens (tertiary/aromatic N) is 2. The number of carbonyl (C=O) groups is 1. The number of rotatable bonds is 2. The Kier molecular flexibility index (Phi) is 2.91. The van der Waals surface area contributed by atoms with Crippen LogP contribution in [0.3, 0.4) is 0 Å². The molecule has 0 bridgehead atoms. The first-order valence-electron chi connectivity index (χ1n) is 4.16. The molecule has 1 aromatic heterocycles. The predicted molar refractivity (Wildman–Crippen MR) is 49.7 cm³/mol. The maximum atomic E-state index is 11.0. The Morgan fingerprint density at radius 2 is 2.14 bits per heavy atom. The lowest BCUT2D eigenvalue weighted by molar-refractivity contribution is -0.375. The van der Waals surface area contributed by atoms with Crippen molar-refractivity contribution in [3.8, 4) is 0 Å². The van der Waals surface area contributed by atoms with Crippen LogP contribution >= 0.6 is 0 Å². The molecule has 0 N–H and O–H groups in total. The van der Waals surface area contributed by atoms with Crippen LogP contribution in [0.5, 0.6) is 0 Å². The molecule has 74 valence electrons. The van der Waals surface area contributed by atoms with Gasteiger partial charge in [0, 0.05) is 12.4 Å². The summed E-state index contributed by atoms with van der Waals surface area (Å²) in [5, 5.41) is 10.2. The zero-order valence-corrected chi connectivity index (χ0v) is 7.93. The summed E-state index contributed by atoms with van der Waals surface area (Å²) in [4.78, 5) is 24.0. The Morgan fingerprint density at radius 3 is 2.64 bits per heavy atom. The highest BCUT2D eigenvalue weighted by Crippen LogP contribution is 2.14. The maximum absolute atomic E-state index is 11.0. The van der Waals surface area contributed by atoms with Gasteiger partial charge in [-0.25, -0.2) is 4.79 Å². The second-order valence-electron chi connectivity index (χ2n) is 3.22. The minimum absolute atomic E-state index is 0.0289. The third-order valence-corrected chi connectivity index (χ3v) is 1.84. The van der Waals surface area contributed by atoms with Gasteiger partial charge in [-0.05, 0) is 17.5 Å². The third kappa shape index (κ3) is 2.12. The fourth-order valence-electron chi connectivity index (χ4n) is 0.996. The van der Waals surface area contributed by atoms with Crippen LogP contribution in [0.15, 0.2) is 18.5 Å². The monoisotopic (exact) mass is 194 g/mol. The van der Waals surface area contributed by atoms with Gasteiger partial charge in [-0.15, -0.1) is 0 Å². The molecule has 1 rings (SSSR count). The van der Waals surface area contributed by atoms with Crippen molar-refractivity contribution in [3.63, 3.8) is 0 Å². The van der Waals surface area contributed by atoms with E-state index in [9.17, 15) is 14.9 Å². The van der Waals surface area contributed by atoms with Crippen LogP contribution in [0, 0.1) is 10.1 Å². The van der Waals surface area contributed by atoms with Crippen LogP contribution in [0.1, 0.15) is 35.7 Å². The molecule has 0 saturated carbocycles. The van der Waals surface area contributed by atoms with Gasteiger partial charge in [0.2, 0.25) is 0 Å². The summed E-state index contributed by atoms with van der Waals surface area (Å²) < 4.78 is 0. The highest BCUT2D eigenvalue weighted by molar-refractivity contribution is 5.87. The molecule has 0 saturated heterocycles. The van der Waals surface area contributed by atoms with Crippen LogP contribution in [0.25, 0.3) is 0 Å². The van der Waals surface area contributed by atoms with Gasteiger partial charge in [-0.3, -0.25) is 15.1 Å². The Balaban J connectivity index is 3.06. The first-order chi connectivity index (χ1) is 6.52. The van der Waals surface area contributed by atoms with Crippen molar-refractivity contribution < 1.29 is 9.72 Å². The van der Waals surface area contributed by atoms with Gasteiger partial charge < -0.3 is 0 Å². The van der Waals surface area contributed by atoms with Gasteiger partial charge >= 0.3 is 5.91 Å². The quantitative estimate of drug-likeness (QED) is 0.529. The van der Waals surface area contributed by atoms with Crippen molar-refractivity contribution in [2.75, 3.05) is 0 Å². The van der Waals surface area contributed by atoms with E-state index in [-0.39, 0.29) is 11.5 Å². The normalized spacial score (nSPS) is 10.2. The number of nitro groups is 1. The fourth-order valence-corrected chi connectivity index (χ4v) is 0.996. The number of aromatic nitrogens is 1. The summed E-state index contributed by atoms with van der Waals surface area (Å²) in [7, 11) is 0. The second-order valence-corrected chi connectivity index (χ2v) is 3.22. The molecule has 0 aromatic carbocycles. The zero-order chi connectivity index (χ0) is 10.7. The largest absolute Gasteiger partial charge is 0.478 e. The first kappa shape index (κ1) is 10.3. The van der Waals surface area contributed by atoms with Gasteiger partial charge in [0.25, 0.3) is 0 Å². The molecule has 0 aliphatic rings. The molecule has 1 amide bonds. The summed E-state index contributed by atoms with van der Waals surface area (Å²) in [6, 6.07) is 1.50. The van der Waals surface area contributed by atoms with Crippen molar-refractivity contribution >= 4 is 5.91 Å². The van der Waals surface area contributed by atoms with E-state index in [1.807, 2.05) is 13.8 Å². The smallest absolute Gasteiger partial charge is 0.263 e. The van der Waals surface area contributed by atoms with Crippen molar-refractivity contribution in [2.24, 2.45) is 0 Å². The Bertz CT molecular complexity index is 374. The molecule has 0 aliphatic carbocycles. The molecule has 14 heavy (non-hydrogen) atoms. The van der Waals surface area contributed by atoms with Crippen LogP contribution in [0.2, 0.25) is 0 Å². The molecule has 0 radical (unpaired) electrons. The first-order valence-corrected chi connectivity index (χ1v) is 4.16. The van der Waals surface area contributed by atoms with E-state index in [4.69, 9.17) is 0 Å². The lowest BCUT2D eigenvalue weighted by atomic mass is 10.0. The molecule has 1 heterocycles. The molecule has 0 unspecified atom stereocenters. The van der Waals surface area contributed by atoms with Crippen molar-refractivity contribution in [3.05, 3.63) is 39.7 Å². The highest BCUT2D eigenvalue weighted by Gasteiger charge is 2.19. The number of hydrogen-bond donors (Lipinski definition) is 0. The van der Waals surface area contributed by atoms with Gasteiger partial charge in [-0.2, -0.15) is 0 Å². The second kappa shape index (κ2) is 3.95. The van der Waals surface area contributed by atoms with E-state index >= 15 is 0 Å². The molecular formula is C9H10N2O3. The SMILES string of the molecule is CC(C)c1cncc(C(=O)[N+](=O)[O-])c1. The lowest BCUT2D eigenvalue weighted by Crippen LogP contribution is -2.12. The summed E-state index contributed by atoms with van der Waals surface area (Å²) >= 11 is 0.